The number of rotatable bonds is 5. The second kappa shape index (κ2) is 8.27. The fourth-order valence-electron chi connectivity index (χ4n) is 4.52. The predicted molar refractivity (Wildman–Crippen MR) is 119 cm³/mol. The lowest BCUT2D eigenvalue weighted by Gasteiger charge is -2.34. The Morgan fingerprint density at radius 3 is 2.90 bits per heavy atom. The zero-order valence-electron chi connectivity index (χ0n) is 17.4. The molecule has 1 aliphatic carbocycles. The Labute approximate surface area is 175 Å². The van der Waals surface area contributed by atoms with Gasteiger partial charge in [0.05, 0.1) is 15.8 Å². The van der Waals surface area contributed by atoms with Gasteiger partial charge in [-0.05, 0) is 37.7 Å². The van der Waals surface area contributed by atoms with Crippen molar-refractivity contribution in [2.24, 2.45) is 11.8 Å². The Bertz CT molecular complexity index is 1100. The lowest BCUT2D eigenvalue weighted by molar-refractivity contribution is -0.122. The van der Waals surface area contributed by atoms with Gasteiger partial charge in [-0.25, -0.2) is 4.68 Å². The zero-order chi connectivity index (χ0) is 20.5. The molecule has 0 aliphatic heterocycles. The summed E-state index contributed by atoms with van der Waals surface area (Å²) in [5, 5.41) is 9.48. The van der Waals surface area contributed by atoms with Gasteiger partial charge in [-0.3, -0.25) is 9.59 Å². The minimum absolute atomic E-state index is 0.0572. The molecule has 3 atom stereocenters. The van der Waals surface area contributed by atoms with Crippen molar-refractivity contribution in [3.05, 3.63) is 40.3 Å². The first-order valence-corrected chi connectivity index (χ1v) is 11.5. The summed E-state index contributed by atoms with van der Waals surface area (Å²) in [4.78, 5) is 25.5. The van der Waals surface area contributed by atoms with Crippen molar-refractivity contribution in [2.75, 3.05) is 0 Å². The van der Waals surface area contributed by atoms with E-state index in [9.17, 15) is 9.59 Å². The third kappa shape index (κ3) is 3.95. The van der Waals surface area contributed by atoms with Crippen LogP contribution in [0.1, 0.15) is 51.6 Å². The van der Waals surface area contributed by atoms with Gasteiger partial charge in [0.25, 0.3) is 5.56 Å². The maximum atomic E-state index is 13.0. The van der Waals surface area contributed by atoms with Crippen LogP contribution in [0.2, 0.25) is 0 Å². The Kier molecular flexibility index (Phi) is 5.72. The number of thiophene rings is 1. The molecule has 1 aliphatic rings. The summed E-state index contributed by atoms with van der Waals surface area (Å²) in [6.07, 6.45) is 4.54. The molecule has 0 saturated heterocycles. The largest absolute Gasteiger partial charge is 0.353 e. The molecule has 1 saturated carbocycles. The van der Waals surface area contributed by atoms with E-state index in [0.29, 0.717) is 31.2 Å². The number of hydrogen-bond donors (Lipinski definition) is 1. The lowest BCUT2D eigenvalue weighted by Crippen LogP contribution is -2.43. The summed E-state index contributed by atoms with van der Waals surface area (Å²) in [6.45, 7) is 6.92. The van der Waals surface area contributed by atoms with E-state index in [1.165, 1.54) is 17.5 Å². The highest BCUT2D eigenvalue weighted by Gasteiger charge is 2.27. The molecule has 1 N–H and O–H groups in total. The van der Waals surface area contributed by atoms with Gasteiger partial charge in [0.2, 0.25) is 5.91 Å². The number of amides is 1. The number of benzene rings is 1. The predicted octanol–water partition coefficient (Wildman–Crippen LogP) is 4.64. The molecular formula is C23H29N3O2S. The van der Waals surface area contributed by atoms with Crippen molar-refractivity contribution in [3.63, 3.8) is 0 Å². The molecule has 154 valence electrons. The van der Waals surface area contributed by atoms with Gasteiger partial charge in [0, 0.05) is 29.1 Å². The van der Waals surface area contributed by atoms with Crippen molar-refractivity contribution < 1.29 is 4.79 Å². The maximum Gasteiger partial charge on any atom is 0.276 e. The van der Waals surface area contributed by atoms with Crippen LogP contribution in [0.25, 0.3) is 20.2 Å². The summed E-state index contributed by atoms with van der Waals surface area (Å²) >= 11 is 1.62. The Morgan fingerprint density at radius 2 is 2.07 bits per heavy atom. The number of aromatic nitrogens is 2. The van der Waals surface area contributed by atoms with Crippen LogP contribution < -0.4 is 10.9 Å². The number of hydrogen-bond acceptors (Lipinski definition) is 4. The van der Waals surface area contributed by atoms with Gasteiger partial charge in [-0.15, -0.1) is 11.3 Å². The van der Waals surface area contributed by atoms with E-state index in [4.69, 9.17) is 0 Å². The fourth-order valence-corrected chi connectivity index (χ4v) is 5.65. The average molecular weight is 412 g/mol. The summed E-state index contributed by atoms with van der Waals surface area (Å²) in [7, 11) is 0. The van der Waals surface area contributed by atoms with Crippen molar-refractivity contribution in [2.45, 2.75) is 65.5 Å². The highest BCUT2D eigenvalue weighted by Crippen LogP contribution is 2.32. The number of carbonyl (C=O) groups is 1. The van der Waals surface area contributed by atoms with Crippen LogP contribution in [0, 0.1) is 18.8 Å². The molecule has 0 radical (unpaired) electrons. The van der Waals surface area contributed by atoms with E-state index < -0.39 is 0 Å². The SMILES string of the molecule is Cc1nn(CCCC(=O)N[C@@H]2CCC[C@H](C)[C@H]2C)c(=O)c2c1sc1ccccc12. The van der Waals surface area contributed by atoms with Crippen LogP contribution >= 0.6 is 11.3 Å². The smallest absolute Gasteiger partial charge is 0.276 e. The van der Waals surface area contributed by atoms with E-state index in [-0.39, 0.29) is 17.5 Å². The molecule has 2 aromatic heterocycles. The van der Waals surface area contributed by atoms with E-state index in [2.05, 4.69) is 24.3 Å². The molecule has 1 fully saturated rings. The van der Waals surface area contributed by atoms with Gasteiger partial charge in [-0.1, -0.05) is 44.9 Å². The highest BCUT2D eigenvalue weighted by molar-refractivity contribution is 7.26. The van der Waals surface area contributed by atoms with Crippen LogP contribution in [0.3, 0.4) is 0 Å². The third-order valence-corrected chi connectivity index (χ3v) is 7.75. The fraction of sp³-hybridized carbons (Fsp3) is 0.522. The number of carbonyl (C=O) groups excluding carboxylic acids is 1. The minimum Gasteiger partial charge on any atom is -0.353 e. The molecule has 2 heterocycles. The first-order chi connectivity index (χ1) is 14.0. The summed E-state index contributed by atoms with van der Waals surface area (Å²) in [6, 6.07) is 8.28. The van der Waals surface area contributed by atoms with Crippen LogP contribution in [0.5, 0.6) is 0 Å². The van der Waals surface area contributed by atoms with E-state index in [1.54, 1.807) is 11.3 Å². The van der Waals surface area contributed by atoms with Crippen molar-refractivity contribution >= 4 is 37.4 Å². The van der Waals surface area contributed by atoms with E-state index >= 15 is 0 Å². The van der Waals surface area contributed by atoms with Crippen LogP contribution in [0.4, 0.5) is 0 Å². The van der Waals surface area contributed by atoms with E-state index in [1.807, 2.05) is 31.2 Å². The Morgan fingerprint density at radius 1 is 1.28 bits per heavy atom. The molecule has 0 bridgehead atoms. The molecular weight excluding hydrogens is 382 g/mol. The van der Waals surface area contributed by atoms with Gasteiger partial charge >= 0.3 is 0 Å². The molecule has 4 rings (SSSR count). The number of nitrogens with zero attached hydrogens (tertiary/aromatic N) is 2. The van der Waals surface area contributed by atoms with Gasteiger partial charge < -0.3 is 5.32 Å². The molecule has 3 aromatic rings. The second-order valence-corrected chi connectivity index (χ2v) is 9.51. The zero-order valence-corrected chi connectivity index (χ0v) is 18.2. The molecule has 0 spiro atoms. The molecule has 0 unspecified atom stereocenters. The number of nitrogens with one attached hydrogen (secondary N) is 1. The summed E-state index contributed by atoms with van der Waals surface area (Å²) < 4.78 is 3.61. The molecule has 5 nitrogen and oxygen atoms in total. The number of aryl methyl sites for hydroxylation is 2. The normalized spacial score (nSPS) is 22.2. The Balaban J connectivity index is 1.45. The standard InChI is InChI=1S/C23H29N3O2S/c1-14-8-6-10-18(15(14)2)24-20(27)12-7-13-26-23(28)21-17-9-4-5-11-19(17)29-22(21)16(3)25-26/h4-5,9,11,14-15,18H,6-8,10,12-13H2,1-3H3,(H,24,27)/t14-,15+,18+/m0/s1. The summed E-state index contributed by atoms with van der Waals surface area (Å²) in [5.41, 5.74) is 0.813. The highest BCUT2D eigenvalue weighted by atomic mass is 32.1. The quantitative estimate of drug-likeness (QED) is 0.665. The van der Waals surface area contributed by atoms with Crippen molar-refractivity contribution in [3.8, 4) is 0 Å². The third-order valence-electron chi connectivity index (χ3n) is 6.47. The first kappa shape index (κ1) is 20.1. The Hall–Kier alpha value is -2.21. The van der Waals surface area contributed by atoms with Crippen molar-refractivity contribution in [1.82, 2.24) is 15.1 Å². The lowest BCUT2D eigenvalue weighted by atomic mass is 9.78. The average Bonchev–Trinajstić information content (AvgIpc) is 3.10. The van der Waals surface area contributed by atoms with Crippen LogP contribution in [-0.2, 0) is 11.3 Å². The molecule has 1 amide bonds. The molecule has 1 aromatic carbocycles. The first-order valence-electron chi connectivity index (χ1n) is 10.6. The minimum atomic E-state index is -0.0572. The van der Waals surface area contributed by atoms with Gasteiger partial charge in [-0.2, -0.15) is 5.10 Å². The summed E-state index contributed by atoms with van der Waals surface area (Å²) in [5.74, 6) is 1.27. The molecule has 29 heavy (non-hydrogen) atoms. The van der Waals surface area contributed by atoms with Crippen LogP contribution in [0.15, 0.2) is 29.1 Å². The second-order valence-electron chi connectivity index (χ2n) is 8.46. The number of fused-ring (bicyclic) bond motifs is 3. The monoisotopic (exact) mass is 411 g/mol. The van der Waals surface area contributed by atoms with Gasteiger partial charge in [0.1, 0.15) is 0 Å². The topological polar surface area (TPSA) is 64.0 Å². The van der Waals surface area contributed by atoms with Crippen molar-refractivity contribution in [1.29, 1.82) is 0 Å². The van der Waals surface area contributed by atoms with Gasteiger partial charge in [0.15, 0.2) is 0 Å². The van der Waals surface area contributed by atoms with E-state index in [0.717, 1.165) is 32.3 Å². The maximum absolute atomic E-state index is 13.0. The molecule has 6 heteroatoms. The van der Waals surface area contributed by atoms with Crippen LogP contribution in [-0.4, -0.2) is 21.7 Å².